The molecular formula is C22H46N4O. The van der Waals surface area contributed by atoms with Crippen molar-refractivity contribution >= 4 is 11.5 Å². The van der Waals surface area contributed by atoms with Gasteiger partial charge in [-0.3, -0.25) is 9.48 Å². The summed E-state index contributed by atoms with van der Waals surface area (Å²) < 4.78 is 4.17. The lowest BCUT2D eigenvalue weighted by molar-refractivity contribution is 0.362. The molecule has 0 bridgehead atoms. The van der Waals surface area contributed by atoms with E-state index in [-0.39, 0.29) is 37.2 Å². The Hall–Kier alpha value is -1.39. The van der Waals surface area contributed by atoms with Crippen molar-refractivity contribution in [1.82, 2.24) is 9.36 Å². The molecule has 0 saturated heterocycles. The quantitative estimate of drug-likeness (QED) is 0.579. The van der Waals surface area contributed by atoms with Crippen molar-refractivity contribution in [2.24, 2.45) is 0 Å². The van der Waals surface area contributed by atoms with Crippen LogP contribution in [0.4, 0.5) is 11.5 Å². The predicted molar refractivity (Wildman–Crippen MR) is 122 cm³/mol. The molecule has 160 valence electrons. The first-order valence-corrected chi connectivity index (χ1v) is 10.3. The van der Waals surface area contributed by atoms with E-state index in [0.717, 1.165) is 11.5 Å². The van der Waals surface area contributed by atoms with Crippen molar-refractivity contribution in [3.63, 3.8) is 0 Å². The summed E-state index contributed by atoms with van der Waals surface area (Å²) in [5.41, 5.74) is 0.970. The van der Waals surface area contributed by atoms with Crippen LogP contribution in [0, 0.1) is 0 Å². The topological polar surface area (TPSA) is 33.4 Å². The van der Waals surface area contributed by atoms with Gasteiger partial charge in [0.25, 0.3) is 5.56 Å². The SMILES string of the molecule is C.CC(C)N(c1c(N(C(C)C)C(C)C)n(C(C)C)n(C(C)C)c1=O)C(C)C. The van der Waals surface area contributed by atoms with E-state index in [1.54, 1.807) is 0 Å². The maximum Gasteiger partial charge on any atom is 0.292 e. The van der Waals surface area contributed by atoms with Crippen LogP contribution in [0.15, 0.2) is 4.79 Å². The number of hydrogen-bond acceptors (Lipinski definition) is 3. The maximum atomic E-state index is 13.6. The molecular weight excluding hydrogens is 336 g/mol. The van der Waals surface area contributed by atoms with Gasteiger partial charge in [-0.25, -0.2) is 4.68 Å². The number of rotatable bonds is 8. The van der Waals surface area contributed by atoms with Crippen molar-refractivity contribution in [3.8, 4) is 0 Å². The van der Waals surface area contributed by atoms with Gasteiger partial charge in [-0.05, 0) is 83.1 Å². The summed E-state index contributed by atoms with van der Waals surface area (Å²) >= 11 is 0. The van der Waals surface area contributed by atoms with E-state index in [9.17, 15) is 4.79 Å². The second-order valence-corrected chi connectivity index (χ2v) is 9.04. The van der Waals surface area contributed by atoms with Gasteiger partial charge < -0.3 is 9.80 Å². The largest absolute Gasteiger partial charge is 0.359 e. The zero-order valence-corrected chi connectivity index (χ0v) is 19.2. The Bertz CT molecular complexity index is 619. The maximum absolute atomic E-state index is 13.6. The van der Waals surface area contributed by atoms with Crippen LogP contribution in [0.2, 0.25) is 0 Å². The van der Waals surface area contributed by atoms with Crippen molar-refractivity contribution in [1.29, 1.82) is 0 Å². The van der Waals surface area contributed by atoms with Crippen LogP contribution in [0.3, 0.4) is 0 Å². The van der Waals surface area contributed by atoms with Crippen LogP contribution >= 0.6 is 0 Å². The summed E-state index contributed by atoms with van der Waals surface area (Å²) in [5, 5.41) is 0. The summed E-state index contributed by atoms with van der Waals surface area (Å²) in [6.07, 6.45) is 0. The molecule has 0 unspecified atom stereocenters. The van der Waals surface area contributed by atoms with Gasteiger partial charge >= 0.3 is 0 Å². The molecule has 0 aliphatic rings. The van der Waals surface area contributed by atoms with Crippen molar-refractivity contribution in [2.45, 2.75) is 127 Å². The Morgan fingerprint density at radius 1 is 0.593 bits per heavy atom. The monoisotopic (exact) mass is 382 g/mol. The Kier molecular flexibility index (Phi) is 9.20. The molecule has 0 aliphatic carbocycles. The standard InChI is InChI=1S/C21H42N4O.CH4/c1-13(2)22(14(3)4)19-20(23(15(5)6)16(7)8)24(17(9)10)25(18(11)12)21(19)26;/h13-18H,1-12H3;1H4. The molecule has 0 amide bonds. The molecule has 0 N–H and O–H groups in total. The summed E-state index contributed by atoms with van der Waals surface area (Å²) in [7, 11) is 0. The molecule has 1 rings (SSSR count). The summed E-state index contributed by atoms with van der Waals surface area (Å²) in [6, 6.07) is 1.44. The highest BCUT2D eigenvalue weighted by molar-refractivity contribution is 5.69. The summed E-state index contributed by atoms with van der Waals surface area (Å²) in [5.74, 6) is 1.06. The molecule has 5 nitrogen and oxygen atoms in total. The van der Waals surface area contributed by atoms with Crippen LogP contribution in [-0.2, 0) is 0 Å². The Morgan fingerprint density at radius 2 is 0.926 bits per heavy atom. The molecule has 0 radical (unpaired) electrons. The third-order valence-electron chi connectivity index (χ3n) is 4.78. The van der Waals surface area contributed by atoms with Crippen LogP contribution in [0.1, 0.15) is 103 Å². The van der Waals surface area contributed by atoms with E-state index >= 15 is 0 Å². The normalized spacial score (nSPS) is 12.1. The van der Waals surface area contributed by atoms with E-state index in [0.29, 0.717) is 12.1 Å². The number of aromatic nitrogens is 2. The average Bonchev–Trinajstić information content (AvgIpc) is 2.72. The number of hydrogen-bond donors (Lipinski definition) is 0. The minimum Gasteiger partial charge on any atom is -0.359 e. The van der Waals surface area contributed by atoms with Gasteiger partial charge in [0.2, 0.25) is 0 Å². The molecule has 0 saturated carbocycles. The molecule has 0 aliphatic heterocycles. The number of nitrogens with zero attached hydrogens (tertiary/aromatic N) is 4. The molecule has 1 heterocycles. The van der Waals surface area contributed by atoms with Crippen LogP contribution in [-0.4, -0.2) is 33.5 Å². The van der Waals surface area contributed by atoms with E-state index in [4.69, 9.17) is 0 Å². The van der Waals surface area contributed by atoms with Crippen molar-refractivity contribution in [3.05, 3.63) is 10.4 Å². The lowest BCUT2D eigenvalue weighted by Crippen LogP contribution is -2.43. The fourth-order valence-corrected chi connectivity index (χ4v) is 4.15. The highest BCUT2D eigenvalue weighted by atomic mass is 16.1. The predicted octanol–water partition coefficient (Wildman–Crippen LogP) is 5.69. The Morgan fingerprint density at radius 3 is 1.19 bits per heavy atom. The van der Waals surface area contributed by atoms with E-state index in [2.05, 4.69) is 97.6 Å². The van der Waals surface area contributed by atoms with E-state index in [1.807, 2.05) is 4.68 Å². The van der Waals surface area contributed by atoms with E-state index in [1.165, 1.54) is 0 Å². The first-order chi connectivity index (χ1) is 11.8. The first kappa shape index (κ1) is 25.6. The van der Waals surface area contributed by atoms with Gasteiger partial charge in [-0.2, -0.15) is 0 Å². The summed E-state index contributed by atoms with van der Waals surface area (Å²) in [4.78, 5) is 18.3. The molecule has 0 aromatic carbocycles. The fraction of sp³-hybridized carbons (Fsp3) is 0.864. The molecule has 27 heavy (non-hydrogen) atoms. The zero-order chi connectivity index (χ0) is 20.5. The van der Waals surface area contributed by atoms with Gasteiger partial charge in [0.15, 0.2) is 5.82 Å². The fourth-order valence-electron chi connectivity index (χ4n) is 4.15. The smallest absolute Gasteiger partial charge is 0.292 e. The van der Waals surface area contributed by atoms with Gasteiger partial charge in [0.1, 0.15) is 5.69 Å². The lowest BCUT2D eigenvalue weighted by Gasteiger charge is -2.39. The zero-order valence-electron chi connectivity index (χ0n) is 19.2. The summed E-state index contributed by atoms with van der Waals surface area (Å²) in [6.45, 7) is 26.0. The lowest BCUT2D eigenvalue weighted by atomic mass is 10.1. The molecule has 0 atom stereocenters. The Labute approximate surface area is 168 Å². The third kappa shape index (κ3) is 4.91. The van der Waals surface area contributed by atoms with Crippen LogP contribution in [0.5, 0.6) is 0 Å². The second kappa shape index (κ2) is 9.70. The van der Waals surface area contributed by atoms with Gasteiger partial charge in [0, 0.05) is 36.3 Å². The van der Waals surface area contributed by atoms with Gasteiger partial charge in [-0.1, -0.05) is 7.43 Å². The molecule has 0 fully saturated rings. The second-order valence-electron chi connectivity index (χ2n) is 9.04. The first-order valence-electron chi connectivity index (χ1n) is 10.3. The molecule has 5 heteroatoms. The highest BCUT2D eigenvalue weighted by Crippen LogP contribution is 2.35. The number of anilines is 2. The minimum atomic E-state index is 0. The highest BCUT2D eigenvalue weighted by Gasteiger charge is 2.34. The van der Waals surface area contributed by atoms with Crippen molar-refractivity contribution < 1.29 is 0 Å². The van der Waals surface area contributed by atoms with E-state index < -0.39 is 0 Å². The average molecular weight is 383 g/mol. The third-order valence-corrected chi connectivity index (χ3v) is 4.78. The van der Waals surface area contributed by atoms with Crippen LogP contribution < -0.4 is 15.4 Å². The minimum absolute atomic E-state index is 0. The van der Waals surface area contributed by atoms with Crippen LogP contribution in [0.25, 0.3) is 0 Å². The van der Waals surface area contributed by atoms with Gasteiger partial charge in [0.05, 0.1) is 0 Å². The molecule has 0 spiro atoms. The van der Waals surface area contributed by atoms with Crippen molar-refractivity contribution in [2.75, 3.05) is 9.80 Å². The Balaban J connectivity index is 0.00000676. The molecule has 1 aromatic rings. The molecule has 1 aromatic heterocycles. The van der Waals surface area contributed by atoms with Gasteiger partial charge in [-0.15, -0.1) is 0 Å².